The third kappa shape index (κ3) is 9.00. The second-order valence-electron chi connectivity index (χ2n) is 7.17. The number of para-hydroxylation sites is 1. The minimum Gasteiger partial charge on any atom is -0.493 e. The molecule has 1 atom stereocenters. The lowest BCUT2D eigenvalue weighted by atomic mass is 10.1. The van der Waals surface area contributed by atoms with Crippen LogP contribution in [0.5, 0.6) is 11.5 Å². The number of nitrogens with one attached hydrogen (secondary N) is 1. The first-order valence-electron chi connectivity index (χ1n) is 10.3. The highest BCUT2D eigenvalue weighted by Crippen LogP contribution is 2.37. The van der Waals surface area contributed by atoms with E-state index in [4.69, 9.17) is 32.5 Å². The van der Waals surface area contributed by atoms with Crippen LogP contribution in [0.3, 0.4) is 0 Å². The van der Waals surface area contributed by atoms with Gasteiger partial charge in [0.25, 0.3) is 0 Å². The zero-order valence-electron chi connectivity index (χ0n) is 18.2. The normalized spacial score (nSPS) is 13.0. The lowest BCUT2D eigenvalue weighted by Gasteiger charge is -2.16. The third-order valence-corrected chi connectivity index (χ3v) is 4.76. The van der Waals surface area contributed by atoms with Gasteiger partial charge in [0.15, 0.2) is 0 Å². The molecule has 0 amide bonds. The van der Waals surface area contributed by atoms with Crippen LogP contribution in [-0.4, -0.2) is 42.2 Å². The zero-order valence-corrected chi connectivity index (χ0v) is 19.0. The molecule has 6 nitrogen and oxygen atoms in total. The summed E-state index contributed by atoms with van der Waals surface area (Å²) in [5, 5.41) is 12.5. The van der Waals surface area contributed by atoms with Gasteiger partial charge in [-0.05, 0) is 43.2 Å². The maximum absolute atomic E-state index is 13.5. The van der Waals surface area contributed by atoms with Crippen LogP contribution < -0.4 is 20.6 Å². The van der Waals surface area contributed by atoms with E-state index >= 15 is 0 Å². The van der Waals surface area contributed by atoms with E-state index in [-0.39, 0.29) is 49.0 Å². The molecular weight excluding hydrogens is 500 g/mol. The molecule has 0 spiro atoms. The van der Waals surface area contributed by atoms with Gasteiger partial charge in [-0.25, -0.2) is 0 Å². The molecule has 0 aliphatic carbocycles. The number of nitrogens with two attached hydrogens (primary N) is 1. The van der Waals surface area contributed by atoms with Gasteiger partial charge >= 0.3 is 12.4 Å². The minimum absolute atomic E-state index is 0.0334. The topological polar surface area (TPSA) is 89.1 Å². The standard InChI is InChI=1S/C22H23F6N3O3S/c23-21(24,25)16-5-1-2-6-18(16)33-9-3-4-10-34-19-8-7-14(11-17(19)22(26,27)28)20(35)31-30-12-15(29)13-32/h1-2,5-8,11-12,15,32H,3-4,9-10,13,29H2,(H,31,35)/b30-12+. The van der Waals surface area contributed by atoms with Crippen LogP contribution >= 0.6 is 12.2 Å². The quantitative estimate of drug-likeness (QED) is 0.132. The van der Waals surface area contributed by atoms with Crippen molar-refractivity contribution in [1.29, 1.82) is 0 Å². The van der Waals surface area contributed by atoms with E-state index in [0.717, 1.165) is 24.4 Å². The fraction of sp³-hybridized carbons (Fsp3) is 0.364. The van der Waals surface area contributed by atoms with Gasteiger partial charge in [-0.3, -0.25) is 5.43 Å². The Morgan fingerprint density at radius 2 is 1.54 bits per heavy atom. The molecule has 0 heterocycles. The number of rotatable bonds is 11. The monoisotopic (exact) mass is 523 g/mol. The first-order chi connectivity index (χ1) is 16.4. The Kier molecular flexibility index (Phi) is 10.3. The number of ether oxygens (including phenoxy) is 2. The van der Waals surface area contributed by atoms with Crippen molar-refractivity contribution < 1.29 is 40.9 Å². The van der Waals surface area contributed by atoms with Crippen LogP contribution in [0.25, 0.3) is 0 Å². The van der Waals surface area contributed by atoms with E-state index in [1.165, 1.54) is 24.3 Å². The summed E-state index contributed by atoms with van der Waals surface area (Å²) in [6.45, 7) is -0.546. The molecule has 35 heavy (non-hydrogen) atoms. The number of hydrogen-bond acceptors (Lipinski definition) is 6. The van der Waals surface area contributed by atoms with Gasteiger partial charge in [-0.2, -0.15) is 31.4 Å². The smallest absolute Gasteiger partial charge is 0.419 e. The highest BCUT2D eigenvalue weighted by atomic mass is 32.1. The lowest BCUT2D eigenvalue weighted by Crippen LogP contribution is -2.28. The molecule has 0 saturated heterocycles. The number of aliphatic hydroxyl groups excluding tert-OH is 1. The second-order valence-corrected chi connectivity index (χ2v) is 7.58. The first kappa shape index (κ1) is 28.3. The number of nitrogens with zero attached hydrogens (tertiary/aromatic N) is 1. The number of halogens is 6. The van der Waals surface area contributed by atoms with Crippen LogP contribution in [-0.2, 0) is 12.4 Å². The molecule has 1 unspecified atom stereocenters. The Bertz CT molecular complexity index is 1010. The van der Waals surface area contributed by atoms with E-state index in [1.54, 1.807) is 0 Å². The van der Waals surface area contributed by atoms with Gasteiger partial charge in [0, 0.05) is 11.8 Å². The Labute approximate surface area is 202 Å². The summed E-state index contributed by atoms with van der Waals surface area (Å²) < 4.78 is 89.9. The SMILES string of the molecule is NC(/C=N/NC(=S)c1ccc(OCCCCOc2ccccc2C(F)(F)F)c(C(F)(F)F)c1)CO. The molecule has 4 N–H and O–H groups in total. The number of thiocarbonyl (C=S) groups is 1. The summed E-state index contributed by atoms with van der Waals surface area (Å²) in [4.78, 5) is -0.0975. The largest absolute Gasteiger partial charge is 0.493 e. The van der Waals surface area contributed by atoms with Crippen LogP contribution in [0, 0.1) is 0 Å². The molecule has 0 saturated carbocycles. The molecule has 2 rings (SSSR count). The van der Waals surface area contributed by atoms with Crippen molar-refractivity contribution >= 4 is 23.4 Å². The van der Waals surface area contributed by atoms with Crippen molar-refractivity contribution in [2.24, 2.45) is 10.8 Å². The van der Waals surface area contributed by atoms with E-state index < -0.39 is 35.3 Å². The second kappa shape index (κ2) is 12.7. The van der Waals surface area contributed by atoms with Crippen LogP contribution in [0.15, 0.2) is 47.6 Å². The van der Waals surface area contributed by atoms with Crippen molar-refractivity contribution in [2.45, 2.75) is 31.2 Å². The number of benzene rings is 2. The fourth-order valence-corrected chi connectivity index (χ4v) is 2.90. The van der Waals surface area contributed by atoms with Gasteiger partial charge in [0.2, 0.25) is 0 Å². The van der Waals surface area contributed by atoms with E-state index in [2.05, 4.69) is 10.5 Å². The third-order valence-electron chi connectivity index (χ3n) is 4.44. The van der Waals surface area contributed by atoms with Crippen LogP contribution in [0.1, 0.15) is 29.5 Å². The molecule has 0 aliphatic rings. The van der Waals surface area contributed by atoms with Gasteiger partial charge < -0.3 is 20.3 Å². The maximum Gasteiger partial charge on any atom is 0.419 e. The summed E-state index contributed by atoms with van der Waals surface area (Å²) >= 11 is 5.02. The predicted molar refractivity (Wildman–Crippen MR) is 122 cm³/mol. The van der Waals surface area contributed by atoms with Gasteiger partial charge in [-0.15, -0.1) is 0 Å². The molecule has 0 aliphatic heterocycles. The number of aliphatic hydroxyl groups is 1. The van der Waals surface area contributed by atoms with Crippen molar-refractivity contribution in [2.75, 3.05) is 19.8 Å². The van der Waals surface area contributed by atoms with Gasteiger partial charge in [0.1, 0.15) is 16.5 Å². The number of hydrazone groups is 1. The molecule has 13 heteroatoms. The Morgan fingerprint density at radius 3 is 2.11 bits per heavy atom. The van der Waals surface area contributed by atoms with Crippen molar-refractivity contribution in [1.82, 2.24) is 5.43 Å². The summed E-state index contributed by atoms with van der Waals surface area (Å²) in [5.41, 5.74) is 5.88. The fourth-order valence-electron chi connectivity index (χ4n) is 2.72. The number of hydrogen-bond donors (Lipinski definition) is 3. The highest BCUT2D eigenvalue weighted by molar-refractivity contribution is 7.80. The predicted octanol–water partition coefficient (Wildman–Crippen LogP) is 4.53. The van der Waals surface area contributed by atoms with Crippen LogP contribution in [0.2, 0.25) is 0 Å². The summed E-state index contributed by atoms with van der Waals surface area (Å²) in [6.07, 6.45) is -7.63. The first-order valence-corrected chi connectivity index (χ1v) is 10.7. The molecule has 0 aromatic heterocycles. The Hall–Kier alpha value is -2.90. The molecule has 0 bridgehead atoms. The Balaban J connectivity index is 1.92. The molecule has 192 valence electrons. The van der Waals surface area contributed by atoms with E-state index in [0.29, 0.717) is 0 Å². The zero-order chi connectivity index (χ0) is 26.1. The molecule has 2 aromatic rings. The number of alkyl halides is 6. The van der Waals surface area contributed by atoms with Gasteiger partial charge in [0.05, 0.1) is 37.0 Å². The molecule has 0 radical (unpaired) electrons. The minimum atomic E-state index is -4.73. The van der Waals surface area contributed by atoms with E-state index in [1.807, 2.05) is 0 Å². The van der Waals surface area contributed by atoms with Crippen molar-refractivity contribution in [3.05, 3.63) is 59.2 Å². The average Bonchev–Trinajstić information content (AvgIpc) is 2.80. The molecule has 0 fully saturated rings. The Morgan fingerprint density at radius 1 is 0.971 bits per heavy atom. The number of unbranched alkanes of at least 4 members (excludes halogenated alkanes) is 1. The summed E-state index contributed by atoms with van der Waals surface area (Å²) in [5.74, 6) is -0.735. The molecular formula is C22H23F6N3O3S. The highest BCUT2D eigenvalue weighted by Gasteiger charge is 2.35. The maximum atomic E-state index is 13.5. The van der Waals surface area contributed by atoms with Crippen LogP contribution in [0.4, 0.5) is 26.3 Å². The summed E-state index contributed by atoms with van der Waals surface area (Å²) in [7, 11) is 0. The average molecular weight is 523 g/mol. The van der Waals surface area contributed by atoms with Crippen molar-refractivity contribution in [3.63, 3.8) is 0 Å². The van der Waals surface area contributed by atoms with Crippen molar-refractivity contribution in [3.8, 4) is 11.5 Å². The molecule has 2 aromatic carbocycles. The van der Waals surface area contributed by atoms with Gasteiger partial charge in [-0.1, -0.05) is 24.4 Å². The van der Waals surface area contributed by atoms with E-state index in [9.17, 15) is 26.3 Å². The lowest BCUT2D eigenvalue weighted by molar-refractivity contribution is -0.139. The summed E-state index contributed by atoms with van der Waals surface area (Å²) in [6, 6.07) is 7.24.